The maximum atomic E-state index is 13.3. The highest BCUT2D eigenvalue weighted by Crippen LogP contribution is 2.27. The van der Waals surface area contributed by atoms with Crippen molar-refractivity contribution in [1.82, 2.24) is 9.78 Å². The van der Waals surface area contributed by atoms with Gasteiger partial charge in [-0.2, -0.15) is 5.10 Å². The third kappa shape index (κ3) is 1.83. The van der Waals surface area contributed by atoms with Crippen LogP contribution in [0.1, 0.15) is 0 Å². The Labute approximate surface area is 108 Å². The molecule has 3 aromatic rings. The van der Waals surface area contributed by atoms with E-state index < -0.39 is 11.6 Å². The number of rotatable bonds is 2. The molecule has 0 aliphatic heterocycles. The summed E-state index contributed by atoms with van der Waals surface area (Å²) in [5.74, 6) is -1.09. The van der Waals surface area contributed by atoms with Gasteiger partial charge in [-0.05, 0) is 24.3 Å². The summed E-state index contributed by atoms with van der Waals surface area (Å²) < 4.78 is 33.0. The van der Waals surface area contributed by atoms with Crippen LogP contribution in [0.5, 0.6) is 5.75 Å². The SMILES string of the molecule is COc1cccc2c1cnn2-c1ccc(F)c(F)c1. The first kappa shape index (κ1) is 11.6. The van der Waals surface area contributed by atoms with E-state index in [9.17, 15) is 8.78 Å². The van der Waals surface area contributed by atoms with Crippen LogP contribution in [0.2, 0.25) is 0 Å². The maximum Gasteiger partial charge on any atom is 0.160 e. The first-order valence-electron chi connectivity index (χ1n) is 5.67. The van der Waals surface area contributed by atoms with E-state index in [1.54, 1.807) is 18.0 Å². The molecular formula is C14H10F2N2O. The molecule has 3 rings (SSSR count). The van der Waals surface area contributed by atoms with Crippen LogP contribution in [0.3, 0.4) is 0 Å². The fourth-order valence-corrected chi connectivity index (χ4v) is 2.03. The average molecular weight is 260 g/mol. The van der Waals surface area contributed by atoms with Crippen molar-refractivity contribution in [3.63, 3.8) is 0 Å². The summed E-state index contributed by atoms with van der Waals surface area (Å²) in [6, 6.07) is 9.15. The van der Waals surface area contributed by atoms with Crippen LogP contribution in [-0.4, -0.2) is 16.9 Å². The van der Waals surface area contributed by atoms with Crippen LogP contribution in [0.4, 0.5) is 8.78 Å². The fourth-order valence-electron chi connectivity index (χ4n) is 2.03. The summed E-state index contributed by atoms with van der Waals surface area (Å²) >= 11 is 0. The molecule has 19 heavy (non-hydrogen) atoms. The van der Waals surface area contributed by atoms with Gasteiger partial charge in [-0.25, -0.2) is 13.5 Å². The molecule has 0 unspecified atom stereocenters. The molecule has 0 saturated carbocycles. The van der Waals surface area contributed by atoms with E-state index in [2.05, 4.69) is 5.10 Å². The maximum absolute atomic E-state index is 13.3. The number of nitrogens with zero attached hydrogens (tertiary/aromatic N) is 2. The second-order valence-corrected chi connectivity index (χ2v) is 4.05. The van der Waals surface area contributed by atoms with Gasteiger partial charge in [0.15, 0.2) is 11.6 Å². The third-order valence-electron chi connectivity index (χ3n) is 2.94. The molecule has 0 radical (unpaired) electrons. The molecule has 0 atom stereocenters. The van der Waals surface area contributed by atoms with Crippen molar-refractivity contribution in [3.8, 4) is 11.4 Å². The lowest BCUT2D eigenvalue weighted by molar-refractivity contribution is 0.420. The first-order valence-corrected chi connectivity index (χ1v) is 5.67. The highest BCUT2D eigenvalue weighted by Gasteiger charge is 2.10. The van der Waals surface area contributed by atoms with Crippen molar-refractivity contribution in [3.05, 3.63) is 54.2 Å². The van der Waals surface area contributed by atoms with Gasteiger partial charge in [-0.15, -0.1) is 0 Å². The summed E-state index contributed by atoms with van der Waals surface area (Å²) in [6.07, 6.45) is 1.63. The summed E-state index contributed by atoms with van der Waals surface area (Å²) in [5.41, 5.74) is 1.23. The number of benzene rings is 2. The summed E-state index contributed by atoms with van der Waals surface area (Å²) in [6.45, 7) is 0. The number of methoxy groups -OCH3 is 1. The van der Waals surface area contributed by atoms with Crippen LogP contribution >= 0.6 is 0 Å². The van der Waals surface area contributed by atoms with E-state index in [4.69, 9.17) is 4.74 Å². The van der Waals surface area contributed by atoms with Crippen LogP contribution in [-0.2, 0) is 0 Å². The molecule has 1 aromatic heterocycles. The predicted molar refractivity (Wildman–Crippen MR) is 67.5 cm³/mol. The van der Waals surface area contributed by atoms with Crippen molar-refractivity contribution in [2.75, 3.05) is 7.11 Å². The van der Waals surface area contributed by atoms with E-state index in [0.29, 0.717) is 11.4 Å². The van der Waals surface area contributed by atoms with Gasteiger partial charge < -0.3 is 4.74 Å². The van der Waals surface area contributed by atoms with Gasteiger partial charge in [0.25, 0.3) is 0 Å². The van der Waals surface area contributed by atoms with Gasteiger partial charge in [-0.1, -0.05) is 6.07 Å². The minimum absolute atomic E-state index is 0.460. The van der Waals surface area contributed by atoms with Gasteiger partial charge in [-0.3, -0.25) is 0 Å². The highest BCUT2D eigenvalue weighted by molar-refractivity contribution is 5.86. The third-order valence-corrected chi connectivity index (χ3v) is 2.94. The molecule has 3 nitrogen and oxygen atoms in total. The van der Waals surface area contributed by atoms with Gasteiger partial charge >= 0.3 is 0 Å². The van der Waals surface area contributed by atoms with E-state index in [-0.39, 0.29) is 0 Å². The molecule has 1 heterocycles. The van der Waals surface area contributed by atoms with Gasteiger partial charge in [0.05, 0.1) is 29.9 Å². The Balaban J connectivity index is 2.23. The van der Waals surface area contributed by atoms with Crippen molar-refractivity contribution >= 4 is 10.9 Å². The van der Waals surface area contributed by atoms with E-state index in [0.717, 1.165) is 23.0 Å². The second kappa shape index (κ2) is 4.35. The zero-order valence-electron chi connectivity index (χ0n) is 10.1. The molecule has 0 N–H and O–H groups in total. The van der Waals surface area contributed by atoms with Crippen LogP contribution in [0, 0.1) is 11.6 Å². The molecule has 0 aliphatic rings. The molecule has 0 spiro atoms. The van der Waals surface area contributed by atoms with Crippen LogP contribution in [0.15, 0.2) is 42.6 Å². The number of ether oxygens (including phenoxy) is 1. The quantitative estimate of drug-likeness (QED) is 0.706. The van der Waals surface area contributed by atoms with E-state index in [1.807, 2.05) is 18.2 Å². The monoisotopic (exact) mass is 260 g/mol. The Kier molecular flexibility index (Phi) is 2.67. The Bertz CT molecular complexity index is 752. The highest BCUT2D eigenvalue weighted by atomic mass is 19.2. The molecule has 2 aromatic carbocycles. The van der Waals surface area contributed by atoms with Crippen molar-refractivity contribution < 1.29 is 13.5 Å². The second-order valence-electron chi connectivity index (χ2n) is 4.05. The number of halogens is 2. The fraction of sp³-hybridized carbons (Fsp3) is 0.0714. The lowest BCUT2D eigenvalue weighted by Gasteiger charge is -2.05. The molecule has 0 fully saturated rings. The number of hydrogen-bond acceptors (Lipinski definition) is 2. The van der Waals surface area contributed by atoms with Gasteiger partial charge in [0.1, 0.15) is 5.75 Å². The smallest absolute Gasteiger partial charge is 0.160 e. The molecule has 0 bridgehead atoms. The largest absolute Gasteiger partial charge is 0.496 e. The van der Waals surface area contributed by atoms with E-state index in [1.165, 1.54) is 6.07 Å². The van der Waals surface area contributed by atoms with Gasteiger partial charge in [0.2, 0.25) is 0 Å². The Morgan fingerprint density at radius 3 is 2.68 bits per heavy atom. The molecule has 0 aliphatic carbocycles. The minimum Gasteiger partial charge on any atom is -0.496 e. The van der Waals surface area contributed by atoms with Crippen molar-refractivity contribution in [1.29, 1.82) is 0 Å². The Morgan fingerprint density at radius 1 is 1.11 bits per heavy atom. The average Bonchev–Trinajstić information content (AvgIpc) is 2.85. The normalized spacial score (nSPS) is 10.9. The minimum atomic E-state index is -0.899. The first-order chi connectivity index (χ1) is 9.20. The molecular weight excluding hydrogens is 250 g/mol. The number of fused-ring (bicyclic) bond motifs is 1. The molecule has 5 heteroatoms. The van der Waals surface area contributed by atoms with Crippen LogP contribution in [0.25, 0.3) is 16.6 Å². The summed E-state index contributed by atoms with van der Waals surface area (Å²) in [7, 11) is 1.57. The van der Waals surface area contributed by atoms with Crippen LogP contribution < -0.4 is 4.74 Å². The Morgan fingerprint density at radius 2 is 1.95 bits per heavy atom. The van der Waals surface area contributed by atoms with E-state index >= 15 is 0 Å². The summed E-state index contributed by atoms with van der Waals surface area (Å²) in [5, 5.41) is 5.01. The topological polar surface area (TPSA) is 27.1 Å². The standard InChI is InChI=1S/C14H10F2N2O/c1-19-14-4-2-3-13-10(14)8-17-18(13)9-5-6-11(15)12(16)7-9/h2-8H,1H3. The lowest BCUT2D eigenvalue weighted by Crippen LogP contribution is -1.97. The molecule has 96 valence electrons. The lowest BCUT2D eigenvalue weighted by atomic mass is 10.2. The Hall–Kier alpha value is -2.43. The predicted octanol–water partition coefficient (Wildman–Crippen LogP) is 3.31. The summed E-state index contributed by atoms with van der Waals surface area (Å²) in [4.78, 5) is 0. The van der Waals surface area contributed by atoms with Crippen molar-refractivity contribution in [2.45, 2.75) is 0 Å². The van der Waals surface area contributed by atoms with Crippen molar-refractivity contribution in [2.24, 2.45) is 0 Å². The molecule has 0 amide bonds. The number of aromatic nitrogens is 2. The molecule has 0 saturated heterocycles. The zero-order valence-corrected chi connectivity index (χ0v) is 10.1. The van der Waals surface area contributed by atoms with Gasteiger partial charge in [0, 0.05) is 6.07 Å². The zero-order chi connectivity index (χ0) is 13.4. The number of hydrogen-bond donors (Lipinski definition) is 0.